The molecule has 0 unspecified atom stereocenters. The monoisotopic (exact) mass is 203 g/mol. The van der Waals surface area contributed by atoms with Crippen molar-refractivity contribution in [3.63, 3.8) is 0 Å². The SMILES string of the molecule is NNC(=O)Oc1ccc2ccccc2n1. The molecule has 0 atom stereocenters. The fourth-order valence-electron chi connectivity index (χ4n) is 1.23. The van der Waals surface area contributed by atoms with Gasteiger partial charge < -0.3 is 4.74 Å². The molecule has 5 heteroatoms. The summed E-state index contributed by atoms with van der Waals surface area (Å²) in [6, 6.07) is 11.0. The molecule has 76 valence electrons. The molecule has 1 heterocycles. The maximum absolute atomic E-state index is 10.8. The Hall–Kier alpha value is -2.14. The molecule has 2 aromatic rings. The summed E-state index contributed by atoms with van der Waals surface area (Å²) in [5, 5.41) is 0.984. The second-order valence-electron chi connectivity index (χ2n) is 2.88. The minimum Gasteiger partial charge on any atom is -0.390 e. The average molecular weight is 203 g/mol. The van der Waals surface area contributed by atoms with Crippen molar-refractivity contribution in [2.75, 3.05) is 0 Å². The number of hydrazine groups is 1. The van der Waals surface area contributed by atoms with E-state index in [1.807, 2.05) is 35.8 Å². The first-order valence-electron chi connectivity index (χ1n) is 4.34. The summed E-state index contributed by atoms with van der Waals surface area (Å²) in [7, 11) is 0. The number of carbonyl (C=O) groups excluding carboxylic acids is 1. The minimum absolute atomic E-state index is 0.219. The lowest BCUT2D eigenvalue weighted by Crippen LogP contribution is -2.32. The summed E-state index contributed by atoms with van der Waals surface area (Å²) in [6.45, 7) is 0. The Morgan fingerprint density at radius 2 is 2.07 bits per heavy atom. The van der Waals surface area contributed by atoms with Crippen LogP contribution >= 0.6 is 0 Å². The van der Waals surface area contributed by atoms with E-state index in [0.29, 0.717) is 0 Å². The number of para-hydroxylation sites is 1. The van der Waals surface area contributed by atoms with Gasteiger partial charge in [0.25, 0.3) is 0 Å². The van der Waals surface area contributed by atoms with Crippen LogP contribution in [0.15, 0.2) is 36.4 Å². The van der Waals surface area contributed by atoms with Gasteiger partial charge in [-0.1, -0.05) is 18.2 Å². The van der Waals surface area contributed by atoms with E-state index in [2.05, 4.69) is 4.98 Å². The first-order valence-corrected chi connectivity index (χ1v) is 4.34. The van der Waals surface area contributed by atoms with Crippen LogP contribution in [0.5, 0.6) is 5.88 Å². The molecule has 0 saturated heterocycles. The van der Waals surface area contributed by atoms with Crippen molar-refractivity contribution in [1.82, 2.24) is 10.4 Å². The molecule has 0 fully saturated rings. The van der Waals surface area contributed by atoms with E-state index < -0.39 is 6.09 Å². The van der Waals surface area contributed by atoms with Gasteiger partial charge in [0.05, 0.1) is 5.52 Å². The number of fused-ring (bicyclic) bond motifs is 1. The van der Waals surface area contributed by atoms with Gasteiger partial charge >= 0.3 is 6.09 Å². The molecule has 1 aromatic carbocycles. The molecule has 0 saturated carbocycles. The zero-order chi connectivity index (χ0) is 10.7. The van der Waals surface area contributed by atoms with E-state index in [0.717, 1.165) is 10.9 Å². The molecule has 5 nitrogen and oxygen atoms in total. The summed E-state index contributed by atoms with van der Waals surface area (Å²) >= 11 is 0. The Bertz CT molecular complexity index is 499. The van der Waals surface area contributed by atoms with Gasteiger partial charge in [-0.15, -0.1) is 0 Å². The molecule has 0 spiro atoms. The second-order valence-corrected chi connectivity index (χ2v) is 2.88. The summed E-state index contributed by atoms with van der Waals surface area (Å²) in [5.74, 6) is 5.10. The zero-order valence-electron chi connectivity index (χ0n) is 7.81. The van der Waals surface area contributed by atoms with E-state index in [-0.39, 0.29) is 5.88 Å². The lowest BCUT2D eigenvalue weighted by Gasteiger charge is -2.02. The highest BCUT2D eigenvalue weighted by atomic mass is 16.6. The highest BCUT2D eigenvalue weighted by Crippen LogP contribution is 2.15. The van der Waals surface area contributed by atoms with Crippen molar-refractivity contribution < 1.29 is 9.53 Å². The van der Waals surface area contributed by atoms with Gasteiger partial charge in [0.2, 0.25) is 5.88 Å². The van der Waals surface area contributed by atoms with Gasteiger partial charge in [-0.3, -0.25) is 5.43 Å². The Kier molecular flexibility index (Phi) is 2.47. The van der Waals surface area contributed by atoms with Crippen LogP contribution in [-0.4, -0.2) is 11.1 Å². The fraction of sp³-hybridized carbons (Fsp3) is 0. The number of nitrogens with zero attached hydrogens (tertiary/aromatic N) is 1. The fourth-order valence-corrected chi connectivity index (χ4v) is 1.23. The summed E-state index contributed by atoms with van der Waals surface area (Å²) in [6.07, 6.45) is -0.738. The third kappa shape index (κ3) is 2.03. The van der Waals surface area contributed by atoms with Crippen molar-refractivity contribution in [1.29, 1.82) is 0 Å². The first-order chi connectivity index (χ1) is 7.29. The van der Waals surface area contributed by atoms with E-state index in [1.165, 1.54) is 0 Å². The quantitative estimate of drug-likeness (QED) is 0.414. The number of benzene rings is 1. The number of nitrogens with one attached hydrogen (secondary N) is 1. The zero-order valence-corrected chi connectivity index (χ0v) is 7.81. The lowest BCUT2D eigenvalue weighted by molar-refractivity contribution is 0.199. The summed E-state index contributed by atoms with van der Waals surface area (Å²) < 4.78 is 4.79. The van der Waals surface area contributed by atoms with Crippen LogP contribution in [0.1, 0.15) is 0 Å². The van der Waals surface area contributed by atoms with Crippen LogP contribution in [0.3, 0.4) is 0 Å². The predicted molar refractivity (Wildman–Crippen MR) is 55.1 cm³/mol. The topological polar surface area (TPSA) is 77.2 Å². The van der Waals surface area contributed by atoms with Crippen molar-refractivity contribution in [2.24, 2.45) is 5.84 Å². The number of carbonyl (C=O) groups is 1. The maximum Gasteiger partial charge on any atom is 0.428 e. The molecule has 0 aliphatic carbocycles. The van der Waals surface area contributed by atoms with Crippen LogP contribution in [0.25, 0.3) is 10.9 Å². The molecular weight excluding hydrogens is 194 g/mol. The van der Waals surface area contributed by atoms with Crippen LogP contribution in [0.2, 0.25) is 0 Å². The highest BCUT2D eigenvalue weighted by Gasteiger charge is 2.03. The molecule has 15 heavy (non-hydrogen) atoms. The Labute approximate surface area is 85.8 Å². The van der Waals surface area contributed by atoms with Gasteiger partial charge in [-0.2, -0.15) is 0 Å². The summed E-state index contributed by atoms with van der Waals surface area (Å²) in [5.41, 5.74) is 2.62. The molecule has 1 aromatic heterocycles. The lowest BCUT2D eigenvalue weighted by atomic mass is 10.2. The molecule has 0 aliphatic rings. The van der Waals surface area contributed by atoms with Gasteiger partial charge in [0.15, 0.2) is 0 Å². The van der Waals surface area contributed by atoms with Crippen LogP contribution in [-0.2, 0) is 0 Å². The number of hydrogen-bond donors (Lipinski definition) is 2. The smallest absolute Gasteiger partial charge is 0.390 e. The van der Waals surface area contributed by atoms with Crippen molar-refractivity contribution >= 4 is 17.0 Å². The number of nitrogens with two attached hydrogens (primary N) is 1. The largest absolute Gasteiger partial charge is 0.428 e. The number of pyridine rings is 1. The third-order valence-corrected chi connectivity index (χ3v) is 1.89. The number of ether oxygens (including phenoxy) is 1. The minimum atomic E-state index is -0.738. The Morgan fingerprint density at radius 3 is 2.87 bits per heavy atom. The van der Waals surface area contributed by atoms with Crippen molar-refractivity contribution in [3.8, 4) is 5.88 Å². The molecule has 2 rings (SSSR count). The molecule has 3 N–H and O–H groups in total. The molecule has 1 amide bonds. The second kappa shape index (κ2) is 3.93. The normalized spacial score (nSPS) is 9.93. The van der Waals surface area contributed by atoms with Gasteiger partial charge in [-0.25, -0.2) is 15.6 Å². The van der Waals surface area contributed by atoms with Crippen molar-refractivity contribution in [3.05, 3.63) is 36.4 Å². The number of amides is 1. The van der Waals surface area contributed by atoms with Gasteiger partial charge in [0.1, 0.15) is 0 Å². The van der Waals surface area contributed by atoms with Crippen molar-refractivity contribution in [2.45, 2.75) is 0 Å². The Balaban J connectivity index is 2.34. The van der Waals surface area contributed by atoms with Crippen LogP contribution in [0.4, 0.5) is 4.79 Å². The van der Waals surface area contributed by atoms with Crippen LogP contribution < -0.4 is 16.0 Å². The third-order valence-electron chi connectivity index (χ3n) is 1.89. The number of hydrogen-bond acceptors (Lipinski definition) is 4. The van der Waals surface area contributed by atoms with E-state index in [1.54, 1.807) is 6.07 Å². The first kappa shape index (κ1) is 9.42. The van der Waals surface area contributed by atoms with E-state index in [9.17, 15) is 4.79 Å². The van der Waals surface area contributed by atoms with Gasteiger partial charge in [-0.05, 0) is 12.1 Å². The average Bonchev–Trinajstić information content (AvgIpc) is 2.29. The number of rotatable bonds is 1. The molecule has 0 bridgehead atoms. The molecule has 0 aliphatic heterocycles. The summed E-state index contributed by atoms with van der Waals surface area (Å²) in [4.78, 5) is 14.9. The van der Waals surface area contributed by atoms with Gasteiger partial charge in [0, 0.05) is 11.5 Å². The van der Waals surface area contributed by atoms with E-state index >= 15 is 0 Å². The Morgan fingerprint density at radius 1 is 1.27 bits per heavy atom. The standard InChI is InChI=1S/C10H9N3O2/c11-13-10(14)15-9-6-5-7-3-1-2-4-8(7)12-9/h1-6H,11H2,(H,13,14). The molecular formula is C10H9N3O2. The molecule has 0 radical (unpaired) electrons. The van der Waals surface area contributed by atoms with Crippen LogP contribution in [0, 0.1) is 0 Å². The number of aromatic nitrogens is 1. The van der Waals surface area contributed by atoms with E-state index in [4.69, 9.17) is 10.6 Å². The maximum atomic E-state index is 10.8. The predicted octanol–water partition coefficient (Wildman–Crippen LogP) is 1.20. The highest BCUT2D eigenvalue weighted by molar-refractivity contribution is 5.79.